The number of aromatic nitrogens is 1. The molecular weight excluding hydrogens is 247 g/mol. The first kappa shape index (κ1) is 12.8. The molecule has 104 valence electrons. The quantitative estimate of drug-likeness (QED) is 0.883. The number of halogens is 1. The van der Waals surface area contributed by atoms with Crippen molar-refractivity contribution in [2.45, 2.75) is 31.4 Å². The molecule has 2 fully saturated rings. The zero-order chi connectivity index (χ0) is 13.2. The molecule has 3 rings (SSSR count). The normalized spacial score (nSPS) is 31.7. The molecular formula is C14H19FN2O2. The summed E-state index contributed by atoms with van der Waals surface area (Å²) in [6.07, 6.45) is 3.89. The number of nitrogens with zero attached hydrogens (tertiary/aromatic N) is 2. The van der Waals surface area contributed by atoms with Crippen molar-refractivity contribution in [3.63, 3.8) is 0 Å². The van der Waals surface area contributed by atoms with Crippen LogP contribution in [0.25, 0.3) is 0 Å². The zero-order valence-corrected chi connectivity index (χ0v) is 10.8. The summed E-state index contributed by atoms with van der Waals surface area (Å²) in [6.45, 7) is 1.96. The second-order valence-electron chi connectivity index (χ2n) is 5.31. The molecule has 0 aliphatic carbocycles. The van der Waals surface area contributed by atoms with Crippen molar-refractivity contribution in [3.8, 4) is 0 Å². The number of rotatable bonds is 2. The summed E-state index contributed by atoms with van der Waals surface area (Å²) in [4.78, 5) is 6.16. The van der Waals surface area contributed by atoms with Gasteiger partial charge in [0.1, 0.15) is 0 Å². The van der Waals surface area contributed by atoms with E-state index in [1.807, 2.05) is 4.90 Å². The molecule has 1 aromatic rings. The molecule has 2 saturated heterocycles. The van der Waals surface area contributed by atoms with Gasteiger partial charge in [-0.15, -0.1) is 0 Å². The lowest BCUT2D eigenvalue weighted by Crippen LogP contribution is -2.46. The van der Waals surface area contributed by atoms with Crippen LogP contribution >= 0.6 is 0 Å². The third-order valence-electron chi connectivity index (χ3n) is 4.17. The Bertz CT molecular complexity index is 443. The van der Waals surface area contributed by atoms with E-state index in [-0.39, 0.29) is 23.9 Å². The fourth-order valence-corrected chi connectivity index (χ4v) is 3.21. The van der Waals surface area contributed by atoms with Crippen LogP contribution in [0.3, 0.4) is 0 Å². The Kier molecular flexibility index (Phi) is 3.66. The molecule has 0 amide bonds. The van der Waals surface area contributed by atoms with Gasteiger partial charge in [-0.05, 0) is 31.4 Å². The molecule has 0 radical (unpaired) electrons. The summed E-state index contributed by atoms with van der Waals surface area (Å²) >= 11 is 0. The minimum Gasteiger partial charge on any atom is -0.393 e. The van der Waals surface area contributed by atoms with E-state index in [1.54, 1.807) is 12.3 Å². The van der Waals surface area contributed by atoms with E-state index in [0.717, 1.165) is 19.4 Å². The van der Waals surface area contributed by atoms with Gasteiger partial charge in [-0.1, -0.05) is 0 Å². The van der Waals surface area contributed by atoms with Crippen LogP contribution in [0, 0.1) is 11.7 Å². The van der Waals surface area contributed by atoms with E-state index in [9.17, 15) is 9.50 Å². The molecule has 0 unspecified atom stereocenters. The summed E-state index contributed by atoms with van der Waals surface area (Å²) in [5, 5.41) is 10.1. The highest BCUT2D eigenvalue weighted by Gasteiger charge is 2.38. The van der Waals surface area contributed by atoms with E-state index in [1.165, 1.54) is 6.07 Å². The van der Waals surface area contributed by atoms with Gasteiger partial charge < -0.3 is 14.7 Å². The van der Waals surface area contributed by atoms with Gasteiger partial charge in [0.05, 0.1) is 12.7 Å². The second-order valence-corrected chi connectivity index (χ2v) is 5.31. The van der Waals surface area contributed by atoms with Crippen LogP contribution in [0.5, 0.6) is 0 Å². The highest BCUT2D eigenvalue weighted by atomic mass is 19.1. The minimum atomic E-state index is -0.355. The first-order chi connectivity index (χ1) is 9.27. The molecule has 3 atom stereocenters. The maximum Gasteiger partial charge on any atom is 0.165 e. The number of ether oxygens (including phenoxy) is 1. The lowest BCUT2D eigenvalue weighted by atomic mass is 9.89. The Balaban J connectivity index is 1.83. The van der Waals surface area contributed by atoms with Crippen LogP contribution in [0.4, 0.5) is 10.2 Å². The van der Waals surface area contributed by atoms with Crippen LogP contribution < -0.4 is 4.90 Å². The lowest BCUT2D eigenvalue weighted by Gasteiger charge is -2.37. The molecule has 2 aliphatic rings. The van der Waals surface area contributed by atoms with Crippen LogP contribution in [0.1, 0.15) is 19.3 Å². The largest absolute Gasteiger partial charge is 0.393 e. The number of hydrogen-bond acceptors (Lipinski definition) is 4. The molecule has 3 heterocycles. The van der Waals surface area contributed by atoms with Crippen molar-refractivity contribution < 1.29 is 14.2 Å². The third kappa shape index (κ3) is 2.44. The van der Waals surface area contributed by atoms with E-state index in [0.29, 0.717) is 25.5 Å². The number of anilines is 1. The zero-order valence-electron chi connectivity index (χ0n) is 10.8. The summed E-state index contributed by atoms with van der Waals surface area (Å²) < 4.78 is 19.4. The predicted molar refractivity (Wildman–Crippen MR) is 69.5 cm³/mol. The average molecular weight is 266 g/mol. The highest BCUT2D eigenvalue weighted by molar-refractivity contribution is 5.42. The molecule has 4 nitrogen and oxygen atoms in total. The fourth-order valence-electron chi connectivity index (χ4n) is 3.21. The molecule has 0 saturated carbocycles. The van der Waals surface area contributed by atoms with Crippen LogP contribution in [0.15, 0.2) is 18.3 Å². The van der Waals surface area contributed by atoms with Gasteiger partial charge >= 0.3 is 0 Å². The van der Waals surface area contributed by atoms with Gasteiger partial charge in [0, 0.05) is 31.3 Å². The van der Waals surface area contributed by atoms with Crippen molar-refractivity contribution >= 4 is 5.82 Å². The summed E-state index contributed by atoms with van der Waals surface area (Å²) in [5.41, 5.74) is 0. The first-order valence-electron chi connectivity index (χ1n) is 6.90. The van der Waals surface area contributed by atoms with Crippen molar-refractivity contribution in [2.24, 2.45) is 5.92 Å². The maximum absolute atomic E-state index is 13.9. The molecule has 0 aromatic carbocycles. The number of aliphatic hydroxyl groups is 1. The van der Waals surface area contributed by atoms with Crippen LogP contribution in [0.2, 0.25) is 0 Å². The topological polar surface area (TPSA) is 45.6 Å². The van der Waals surface area contributed by atoms with Crippen LogP contribution in [-0.4, -0.2) is 42.0 Å². The molecule has 1 aromatic heterocycles. The number of aliphatic hydroxyl groups excluding tert-OH is 1. The molecule has 1 N–H and O–H groups in total. The van der Waals surface area contributed by atoms with Gasteiger partial charge in [0.15, 0.2) is 11.6 Å². The molecule has 19 heavy (non-hydrogen) atoms. The summed E-state index contributed by atoms with van der Waals surface area (Å²) in [6, 6.07) is 3.16. The smallest absolute Gasteiger partial charge is 0.165 e. The van der Waals surface area contributed by atoms with E-state index >= 15 is 0 Å². The Labute approximate surface area is 112 Å². The van der Waals surface area contributed by atoms with Gasteiger partial charge in [0.2, 0.25) is 0 Å². The van der Waals surface area contributed by atoms with E-state index < -0.39 is 0 Å². The van der Waals surface area contributed by atoms with Crippen LogP contribution in [-0.2, 0) is 4.74 Å². The lowest BCUT2D eigenvalue weighted by molar-refractivity contribution is -0.0438. The maximum atomic E-state index is 13.9. The highest BCUT2D eigenvalue weighted by Crippen LogP contribution is 2.33. The molecule has 0 bridgehead atoms. The minimum absolute atomic E-state index is 0.0534. The second kappa shape index (κ2) is 5.43. The number of pyridine rings is 1. The molecule has 2 aliphatic heterocycles. The van der Waals surface area contributed by atoms with Gasteiger partial charge in [0.25, 0.3) is 0 Å². The number of hydrogen-bond donors (Lipinski definition) is 1. The Morgan fingerprint density at radius 1 is 1.42 bits per heavy atom. The molecule has 0 spiro atoms. The van der Waals surface area contributed by atoms with Gasteiger partial charge in [-0.3, -0.25) is 0 Å². The monoisotopic (exact) mass is 266 g/mol. The third-order valence-corrected chi connectivity index (χ3v) is 4.17. The van der Waals surface area contributed by atoms with E-state index in [4.69, 9.17) is 4.74 Å². The summed E-state index contributed by atoms with van der Waals surface area (Å²) in [5.74, 6) is 0.168. The first-order valence-corrected chi connectivity index (χ1v) is 6.90. The standard InChI is InChI=1S/C14H19FN2O2/c15-11-3-1-6-16-14(11)17-7-2-4-12(17)10-9-19-8-5-13(10)18/h1,3,6,10,12-13,18H,2,4-5,7-9H2/t10-,12+,13+/m0/s1. The summed E-state index contributed by atoms with van der Waals surface area (Å²) in [7, 11) is 0. The van der Waals surface area contributed by atoms with Gasteiger partial charge in [-0.2, -0.15) is 0 Å². The van der Waals surface area contributed by atoms with Crippen molar-refractivity contribution in [2.75, 3.05) is 24.7 Å². The van der Waals surface area contributed by atoms with Crippen molar-refractivity contribution in [1.82, 2.24) is 4.98 Å². The Morgan fingerprint density at radius 2 is 2.32 bits per heavy atom. The predicted octanol–water partition coefficient (Wildman–Crippen LogP) is 1.59. The fraction of sp³-hybridized carbons (Fsp3) is 0.643. The average Bonchev–Trinajstić information content (AvgIpc) is 2.89. The van der Waals surface area contributed by atoms with E-state index in [2.05, 4.69) is 4.98 Å². The van der Waals surface area contributed by atoms with Gasteiger partial charge in [-0.25, -0.2) is 9.37 Å². The van der Waals surface area contributed by atoms with Crippen molar-refractivity contribution in [3.05, 3.63) is 24.1 Å². The Hall–Kier alpha value is -1.20. The van der Waals surface area contributed by atoms with Crippen molar-refractivity contribution in [1.29, 1.82) is 0 Å². The Morgan fingerprint density at radius 3 is 3.11 bits per heavy atom. The SMILES string of the molecule is O[C@@H]1CCOC[C@H]1[C@H]1CCCN1c1ncccc1F. The molecule has 5 heteroatoms.